The van der Waals surface area contributed by atoms with Crippen LogP contribution in [-0.4, -0.2) is 5.78 Å². The summed E-state index contributed by atoms with van der Waals surface area (Å²) in [5.74, 6) is 0.200. The minimum absolute atomic E-state index is 0.200. The number of hydrogen-bond donors (Lipinski definition) is 0. The van der Waals surface area contributed by atoms with E-state index < -0.39 is 0 Å². The minimum atomic E-state index is 0.200. The smallest absolute Gasteiger partial charge is 0.188 e. The van der Waals surface area contributed by atoms with Crippen LogP contribution in [0, 0.1) is 6.92 Å². The Morgan fingerprint density at radius 1 is 1.23 bits per heavy atom. The van der Waals surface area contributed by atoms with Crippen molar-refractivity contribution in [1.29, 1.82) is 0 Å². The molecule has 1 nitrogen and oxygen atoms in total. The molecular formula is C12H12O. The molecule has 0 amide bonds. The molecule has 0 radical (unpaired) electrons. The topological polar surface area (TPSA) is 17.1 Å². The first-order valence-electron chi connectivity index (χ1n) is 4.58. The fourth-order valence-electron chi connectivity index (χ4n) is 1.39. The maximum atomic E-state index is 11.7. The molecule has 0 unspecified atom stereocenters. The highest BCUT2D eigenvalue weighted by atomic mass is 16.1. The van der Waals surface area contributed by atoms with Crippen molar-refractivity contribution in [2.24, 2.45) is 0 Å². The molecule has 0 N–H and O–H groups in total. The number of hydrogen-bond acceptors (Lipinski definition) is 1. The number of Topliss-reactive ketones (excluding diaryl/α,β-unsaturated/α-hetero) is 1. The third kappa shape index (κ3) is 1.55. The highest BCUT2D eigenvalue weighted by molar-refractivity contribution is 6.09. The van der Waals surface area contributed by atoms with Gasteiger partial charge in [-0.1, -0.05) is 35.9 Å². The van der Waals surface area contributed by atoms with E-state index in [0.717, 1.165) is 24.0 Å². The van der Waals surface area contributed by atoms with Gasteiger partial charge in [-0.05, 0) is 25.3 Å². The molecule has 0 spiro atoms. The molecule has 0 atom stereocenters. The number of carbonyl (C=O) groups is 1. The number of benzene rings is 1. The predicted octanol–water partition coefficient (Wildman–Crippen LogP) is 2.90. The second-order valence-corrected chi connectivity index (χ2v) is 3.46. The molecule has 13 heavy (non-hydrogen) atoms. The highest BCUT2D eigenvalue weighted by Crippen LogP contribution is 2.22. The highest BCUT2D eigenvalue weighted by Gasteiger charge is 2.15. The second-order valence-electron chi connectivity index (χ2n) is 3.46. The van der Waals surface area contributed by atoms with Gasteiger partial charge in [0, 0.05) is 5.56 Å². The number of allylic oxidation sites excluding steroid dienone is 2. The molecule has 1 aliphatic carbocycles. The Kier molecular flexibility index (Phi) is 2.01. The van der Waals surface area contributed by atoms with Gasteiger partial charge in [-0.3, -0.25) is 4.79 Å². The SMILES string of the molecule is Cc1ccc(C(=O)C2=CCC2)cc1. The van der Waals surface area contributed by atoms with E-state index in [4.69, 9.17) is 0 Å². The molecule has 1 heteroatoms. The Bertz CT molecular complexity index is 357. The lowest BCUT2D eigenvalue weighted by molar-refractivity contribution is 0.102. The quantitative estimate of drug-likeness (QED) is 0.627. The lowest BCUT2D eigenvalue weighted by Gasteiger charge is -2.12. The number of ketones is 1. The first-order valence-corrected chi connectivity index (χ1v) is 4.58. The van der Waals surface area contributed by atoms with E-state index >= 15 is 0 Å². The van der Waals surface area contributed by atoms with Crippen LogP contribution < -0.4 is 0 Å². The van der Waals surface area contributed by atoms with Gasteiger partial charge < -0.3 is 0 Å². The van der Waals surface area contributed by atoms with Crippen molar-refractivity contribution < 1.29 is 4.79 Å². The molecule has 0 saturated heterocycles. The van der Waals surface area contributed by atoms with E-state index in [1.807, 2.05) is 37.3 Å². The van der Waals surface area contributed by atoms with E-state index in [2.05, 4.69) is 0 Å². The lowest BCUT2D eigenvalue weighted by atomic mass is 9.91. The van der Waals surface area contributed by atoms with Crippen molar-refractivity contribution in [1.82, 2.24) is 0 Å². The molecule has 2 rings (SSSR count). The molecule has 0 aliphatic heterocycles. The van der Waals surface area contributed by atoms with Crippen LogP contribution in [0.4, 0.5) is 0 Å². The van der Waals surface area contributed by atoms with E-state index in [9.17, 15) is 4.79 Å². The van der Waals surface area contributed by atoms with Gasteiger partial charge in [0.2, 0.25) is 0 Å². The summed E-state index contributed by atoms with van der Waals surface area (Å²) in [6.07, 6.45) is 4.03. The van der Waals surface area contributed by atoms with E-state index in [-0.39, 0.29) is 5.78 Å². The normalized spacial score (nSPS) is 14.7. The molecule has 0 heterocycles. The summed E-state index contributed by atoms with van der Waals surface area (Å²) in [6, 6.07) is 7.76. The van der Waals surface area contributed by atoms with Crippen LogP contribution in [0.2, 0.25) is 0 Å². The molecule has 0 aromatic heterocycles. The molecule has 1 aliphatic rings. The van der Waals surface area contributed by atoms with Gasteiger partial charge in [0.15, 0.2) is 5.78 Å². The molecule has 1 aromatic carbocycles. The molecule has 0 saturated carbocycles. The van der Waals surface area contributed by atoms with Gasteiger partial charge in [-0.25, -0.2) is 0 Å². The van der Waals surface area contributed by atoms with Gasteiger partial charge in [-0.15, -0.1) is 0 Å². The average molecular weight is 172 g/mol. The molecule has 0 fully saturated rings. The summed E-state index contributed by atoms with van der Waals surface area (Å²) in [6.45, 7) is 2.02. The van der Waals surface area contributed by atoms with Crippen LogP contribution in [0.15, 0.2) is 35.9 Å². The van der Waals surface area contributed by atoms with Crippen molar-refractivity contribution in [2.75, 3.05) is 0 Å². The van der Waals surface area contributed by atoms with Crippen molar-refractivity contribution in [3.8, 4) is 0 Å². The largest absolute Gasteiger partial charge is 0.289 e. The van der Waals surface area contributed by atoms with Gasteiger partial charge >= 0.3 is 0 Å². The van der Waals surface area contributed by atoms with Gasteiger partial charge in [0.05, 0.1) is 0 Å². The maximum Gasteiger partial charge on any atom is 0.188 e. The van der Waals surface area contributed by atoms with Crippen LogP contribution in [-0.2, 0) is 0 Å². The Morgan fingerprint density at radius 2 is 1.85 bits per heavy atom. The first kappa shape index (κ1) is 8.24. The van der Waals surface area contributed by atoms with E-state index in [0.29, 0.717) is 0 Å². The molecular weight excluding hydrogens is 160 g/mol. The van der Waals surface area contributed by atoms with Crippen molar-refractivity contribution >= 4 is 5.78 Å². The van der Waals surface area contributed by atoms with Crippen LogP contribution in [0.3, 0.4) is 0 Å². The van der Waals surface area contributed by atoms with Crippen LogP contribution in [0.25, 0.3) is 0 Å². The standard InChI is InChI=1S/C12H12O/c1-9-5-7-11(8-6-9)12(13)10-3-2-4-10/h3,5-8H,2,4H2,1H3. The average Bonchev–Trinajstić information content (AvgIpc) is 2.02. The van der Waals surface area contributed by atoms with Crippen molar-refractivity contribution in [3.63, 3.8) is 0 Å². The van der Waals surface area contributed by atoms with Crippen molar-refractivity contribution in [2.45, 2.75) is 19.8 Å². The zero-order valence-corrected chi connectivity index (χ0v) is 7.71. The van der Waals surface area contributed by atoms with Gasteiger partial charge in [0.25, 0.3) is 0 Å². The number of rotatable bonds is 2. The van der Waals surface area contributed by atoms with Crippen LogP contribution in [0.5, 0.6) is 0 Å². The van der Waals surface area contributed by atoms with Gasteiger partial charge in [-0.2, -0.15) is 0 Å². The Hall–Kier alpha value is -1.37. The van der Waals surface area contributed by atoms with Crippen LogP contribution >= 0.6 is 0 Å². The summed E-state index contributed by atoms with van der Waals surface area (Å²) >= 11 is 0. The summed E-state index contributed by atoms with van der Waals surface area (Å²) in [7, 11) is 0. The third-order valence-electron chi connectivity index (χ3n) is 2.41. The number of carbonyl (C=O) groups excluding carboxylic acids is 1. The fraction of sp³-hybridized carbons (Fsp3) is 0.250. The Morgan fingerprint density at radius 3 is 2.31 bits per heavy atom. The molecule has 0 bridgehead atoms. The van der Waals surface area contributed by atoms with Gasteiger partial charge in [0.1, 0.15) is 0 Å². The van der Waals surface area contributed by atoms with Crippen LogP contribution in [0.1, 0.15) is 28.8 Å². The zero-order valence-electron chi connectivity index (χ0n) is 7.71. The maximum absolute atomic E-state index is 11.7. The number of aryl methyl sites for hydroxylation is 1. The van der Waals surface area contributed by atoms with Crippen molar-refractivity contribution in [3.05, 3.63) is 47.0 Å². The predicted molar refractivity (Wildman–Crippen MR) is 52.8 cm³/mol. The van der Waals surface area contributed by atoms with E-state index in [1.54, 1.807) is 0 Å². The van der Waals surface area contributed by atoms with E-state index in [1.165, 1.54) is 5.56 Å². The monoisotopic (exact) mass is 172 g/mol. The summed E-state index contributed by atoms with van der Waals surface area (Å²) < 4.78 is 0. The zero-order chi connectivity index (χ0) is 9.26. The Labute approximate surface area is 78.1 Å². The summed E-state index contributed by atoms with van der Waals surface area (Å²) in [5.41, 5.74) is 2.99. The summed E-state index contributed by atoms with van der Waals surface area (Å²) in [4.78, 5) is 11.7. The molecule has 66 valence electrons. The fourth-order valence-corrected chi connectivity index (χ4v) is 1.39. The second kappa shape index (κ2) is 3.17. The summed E-state index contributed by atoms with van der Waals surface area (Å²) in [5, 5.41) is 0. The minimum Gasteiger partial charge on any atom is -0.289 e. The Balaban J connectivity index is 2.25. The molecule has 1 aromatic rings. The third-order valence-corrected chi connectivity index (χ3v) is 2.41. The lowest BCUT2D eigenvalue weighted by Crippen LogP contribution is -2.08. The first-order chi connectivity index (χ1) is 6.27.